The molecule has 7 nitrogen and oxygen atoms in total. The number of carbonyl (C=O) groups is 3. The standard InChI is InChI=1S/C32H37N3O4/c1-19-16-20(2)18-24(17-19)34-29(36)26-25-14-15-32(39-25)27(26)31(38)35(21(3)22-10-6-4-7-11-22)28(32)30(37)33-23-12-8-5-9-13-23/h4,6-7,10-11,14-18,21,23,25-28H,5,8-9,12-13H2,1-3H3,(H,33,37)(H,34,36)/t21-,25+,26-,27+,28-,32+/m1/s1. The van der Waals surface area contributed by atoms with Gasteiger partial charge in [0.25, 0.3) is 0 Å². The average molecular weight is 528 g/mol. The number of anilines is 1. The van der Waals surface area contributed by atoms with Crippen molar-refractivity contribution in [1.29, 1.82) is 0 Å². The summed E-state index contributed by atoms with van der Waals surface area (Å²) in [6.45, 7) is 5.92. The highest BCUT2D eigenvalue weighted by molar-refractivity contribution is 6.03. The summed E-state index contributed by atoms with van der Waals surface area (Å²) in [5.74, 6) is -2.15. The summed E-state index contributed by atoms with van der Waals surface area (Å²) in [5, 5.41) is 6.30. The van der Waals surface area contributed by atoms with Crippen LogP contribution in [0.3, 0.4) is 0 Å². The molecular weight excluding hydrogens is 490 g/mol. The average Bonchev–Trinajstić information content (AvgIpc) is 3.56. The summed E-state index contributed by atoms with van der Waals surface area (Å²) >= 11 is 0. The Labute approximate surface area is 230 Å². The van der Waals surface area contributed by atoms with Crippen LogP contribution in [0.25, 0.3) is 0 Å². The number of rotatable bonds is 6. The van der Waals surface area contributed by atoms with E-state index in [2.05, 4.69) is 10.6 Å². The first kappa shape index (κ1) is 25.8. The minimum absolute atomic E-state index is 0.0944. The van der Waals surface area contributed by atoms with Crippen molar-refractivity contribution in [2.45, 2.75) is 82.7 Å². The third kappa shape index (κ3) is 4.37. The lowest BCUT2D eigenvalue weighted by Crippen LogP contribution is -2.56. The van der Waals surface area contributed by atoms with E-state index in [1.807, 2.05) is 81.5 Å². The summed E-state index contributed by atoms with van der Waals surface area (Å²) in [7, 11) is 0. The van der Waals surface area contributed by atoms with E-state index in [0.717, 1.165) is 42.4 Å². The second-order valence-corrected chi connectivity index (χ2v) is 11.7. The van der Waals surface area contributed by atoms with Gasteiger partial charge in [-0.3, -0.25) is 14.4 Å². The molecule has 2 aromatic rings. The number of fused-ring (bicyclic) bond motifs is 1. The van der Waals surface area contributed by atoms with E-state index in [9.17, 15) is 14.4 Å². The molecule has 2 bridgehead atoms. The number of carbonyl (C=O) groups excluding carboxylic acids is 3. The largest absolute Gasteiger partial charge is 0.359 e. The molecule has 2 N–H and O–H groups in total. The molecule has 0 unspecified atom stereocenters. The number of hydrogen-bond acceptors (Lipinski definition) is 4. The van der Waals surface area contributed by atoms with Crippen LogP contribution in [0.5, 0.6) is 0 Å². The SMILES string of the molecule is Cc1cc(C)cc(NC(=O)[C@@H]2[C@@H]3C=C[C@]4(O3)[C@@H]2C(=O)N([C@H](C)c2ccccc2)[C@@H]4C(=O)NC2CCCCC2)c1. The number of ether oxygens (including phenoxy) is 1. The third-order valence-corrected chi connectivity index (χ3v) is 9.00. The van der Waals surface area contributed by atoms with Crippen molar-refractivity contribution in [2.24, 2.45) is 11.8 Å². The van der Waals surface area contributed by atoms with Crippen molar-refractivity contribution in [3.8, 4) is 0 Å². The van der Waals surface area contributed by atoms with Crippen LogP contribution in [-0.4, -0.2) is 46.4 Å². The predicted octanol–water partition coefficient (Wildman–Crippen LogP) is 4.60. The van der Waals surface area contributed by atoms with E-state index in [4.69, 9.17) is 4.74 Å². The molecule has 3 fully saturated rings. The van der Waals surface area contributed by atoms with Gasteiger partial charge in [-0.15, -0.1) is 0 Å². The van der Waals surface area contributed by atoms with E-state index in [0.29, 0.717) is 5.69 Å². The Morgan fingerprint density at radius 2 is 1.69 bits per heavy atom. The molecule has 6 atom stereocenters. The van der Waals surface area contributed by atoms with Crippen LogP contribution in [0.4, 0.5) is 5.69 Å². The van der Waals surface area contributed by atoms with Crippen molar-refractivity contribution >= 4 is 23.4 Å². The number of hydrogen-bond donors (Lipinski definition) is 2. The number of benzene rings is 2. The van der Waals surface area contributed by atoms with Crippen LogP contribution in [0.15, 0.2) is 60.7 Å². The van der Waals surface area contributed by atoms with Crippen LogP contribution in [0, 0.1) is 25.7 Å². The molecule has 0 radical (unpaired) electrons. The zero-order valence-electron chi connectivity index (χ0n) is 22.9. The normalized spacial score (nSPS) is 30.3. The van der Waals surface area contributed by atoms with Gasteiger partial charge in [0.05, 0.1) is 24.0 Å². The monoisotopic (exact) mass is 527 g/mol. The van der Waals surface area contributed by atoms with E-state index in [1.54, 1.807) is 4.90 Å². The van der Waals surface area contributed by atoms with E-state index in [1.165, 1.54) is 6.42 Å². The molecule has 6 rings (SSSR count). The van der Waals surface area contributed by atoms with Gasteiger partial charge in [0.1, 0.15) is 11.6 Å². The number of likely N-dealkylation sites (tertiary alicyclic amines) is 1. The maximum atomic E-state index is 14.3. The van der Waals surface area contributed by atoms with Gasteiger partial charge in [-0.25, -0.2) is 0 Å². The molecule has 1 spiro atoms. The minimum atomic E-state index is -1.17. The fourth-order valence-corrected chi connectivity index (χ4v) is 7.32. The van der Waals surface area contributed by atoms with Crippen LogP contribution < -0.4 is 10.6 Å². The summed E-state index contributed by atoms with van der Waals surface area (Å²) in [4.78, 5) is 43.8. The third-order valence-electron chi connectivity index (χ3n) is 9.00. The summed E-state index contributed by atoms with van der Waals surface area (Å²) in [6, 6.07) is 14.5. The molecule has 2 aromatic carbocycles. The van der Waals surface area contributed by atoms with Crippen molar-refractivity contribution < 1.29 is 19.1 Å². The first-order chi connectivity index (χ1) is 18.8. The Morgan fingerprint density at radius 3 is 2.38 bits per heavy atom. The Balaban J connectivity index is 1.35. The molecule has 3 amide bonds. The molecule has 7 heteroatoms. The van der Waals surface area contributed by atoms with Crippen molar-refractivity contribution in [1.82, 2.24) is 10.2 Å². The second-order valence-electron chi connectivity index (χ2n) is 11.7. The lowest BCUT2D eigenvalue weighted by atomic mass is 9.74. The molecule has 39 heavy (non-hydrogen) atoms. The van der Waals surface area contributed by atoms with Crippen molar-refractivity contribution in [3.05, 3.63) is 77.4 Å². The zero-order valence-corrected chi connectivity index (χ0v) is 22.9. The Kier molecular flexibility index (Phi) is 6.58. The number of aryl methyl sites for hydroxylation is 2. The molecule has 2 saturated heterocycles. The molecule has 204 valence electrons. The van der Waals surface area contributed by atoms with E-state index < -0.39 is 29.6 Å². The zero-order chi connectivity index (χ0) is 27.3. The number of nitrogens with zero attached hydrogens (tertiary/aromatic N) is 1. The quantitative estimate of drug-likeness (QED) is 0.538. The molecule has 4 aliphatic rings. The number of nitrogens with one attached hydrogen (secondary N) is 2. The topological polar surface area (TPSA) is 87.7 Å². The van der Waals surface area contributed by atoms with E-state index in [-0.39, 0.29) is 29.8 Å². The van der Waals surface area contributed by atoms with Gasteiger partial charge in [0.15, 0.2) is 0 Å². The molecular formula is C32H37N3O4. The lowest BCUT2D eigenvalue weighted by molar-refractivity contribution is -0.143. The van der Waals surface area contributed by atoms with Crippen molar-refractivity contribution in [3.63, 3.8) is 0 Å². The predicted molar refractivity (Wildman–Crippen MR) is 149 cm³/mol. The lowest BCUT2D eigenvalue weighted by Gasteiger charge is -2.37. The second kappa shape index (κ2) is 9.94. The molecule has 1 aliphatic carbocycles. The Hall–Kier alpha value is -3.45. The molecule has 1 saturated carbocycles. The van der Waals surface area contributed by atoms with Crippen LogP contribution in [0.2, 0.25) is 0 Å². The van der Waals surface area contributed by atoms with Gasteiger partial charge in [0.2, 0.25) is 17.7 Å². The minimum Gasteiger partial charge on any atom is -0.359 e. The van der Waals surface area contributed by atoms with Gasteiger partial charge in [-0.05, 0) is 62.4 Å². The first-order valence-corrected chi connectivity index (χ1v) is 14.2. The van der Waals surface area contributed by atoms with E-state index >= 15 is 0 Å². The maximum absolute atomic E-state index is 14.3. The summed E-state index contributed by atoms with van der Waals surface area (Å²) < 4.78 is 6.52. The van der Waals surface area contributed by atoms with Gasteiger partial charge in [0, 0.05) is 11.7 Å². The van der Waals surface area contributed by atoms with Crippen molar-refractivity contribution in [2.75, 3.05) is 5.32 Å². The van der Waals surface area contributed by atoms with Crippen LogP contribution >= 0.6 is 0 Å². The fraction of sp³-hybridized carbons (Fsp3) is 0.469. The van der Waals surface area contributed by atoms with Crippen LogP contribution in [0.1, 0.15) is 61.8 Å². The highest BCUT2D eigenvalue weighted by atomic mass is 16.5. The fourth-order valence-electron chi connectivity index (χ4n) is 7.32. The number of amides is 3. The molecule has 0 aromatic heterocycles. The first-order valence-electron chi connectivity index (χ1n) is 14.2. The Morgan fingerprint density at radius 1 is 1.00 bits per heavy atom. The van der Waals surface area contributed by atoms with Crippen LogP contribution in [-0.2, 0) is 19.1 Å². The molecule has 3 heterocycles. The Bertz CT molecular complexity index is 1300. The maximum Gasteiger partial charge on any atom is 0.246 e. The summed E-state index contributed by atoms with van der Waals surface area (Å²) in [5.41, 5.74) is 2.56. The van der Waals surface area contributed by atoms with Gasteiger partial charge >= 0.3 is 0 Å². The highest BCUT2D eigenvalue weighted by Crippen LogP contribution is 2.56. The highest BCUT2D eigenvalue weighted by Gasteiger charge is 2.73. The van der Waals surface area contributed by atoms with Gasteiger partial charge in [-0.2, -0.15) is 0 Å². The molecule has 3 aliphatic heterocycles. The smallest absolute Gasteiger partial charge is 0.246 e. The van der Waals surface area contributed by atoms with Gasteiger partial charge < -0.3 is 20.3 Å². The summed E-state index contributed by atoms with van der Waals surface area (Å²) in [6.07, 6.45) is 8.44. The van der Waals surface area contributed by atoms with Gasteiger partial charge in [-0.1, -0.05) is 67.8 Å².